The van der Waals surface area contributed by atoms with E-state index >= 15 is 0 Å². The summed E-state index contributed by atoms with van der Waals surface area (Å²) in [5.41, 5.74) is 0.766. The van der Waals surface area contributed by atoms with Crippen LogP contribution in [0.15, 0.2) is 24.3 Å². The Hall–Kier alpha value is -0.930. The standard InChI is InChI=1S/C11H13FO2/c12-10-3-1-8(2-4-10)11(13)9-5-6-14-7-9/h1-4,9,11,13H,5-7H2. The summed E-state index contributed by atoms with van der Waals surface area (Å²) in [4.78, 5) is 0. The van der Waals surface area contributed by atoms with Gasteiger partial charge in [-0.2, -0.15) is 0 Å². The third kappa shape index (κ3) is 1.94. The molecule has 1 saturated heterocycles. The molecule has 1 N–H and O–H groups in total. The molecule has 2 nitrogen and oxygen atoms in total. The van der Waals surface area contributed by atoms with E-state index in [0.717, 1.165) is 12.0 Å². The molecular weight excluding hydrogens is 183 g/mol. The fourth-order valence-corrected chi connectivity index (χ4v) is 1.73. The lowest BCUT2D eigenvalue weighted by Gasteiger charge is -2.16. The number of aliphatic hydroxyl groups excluding tert-OH is 1. The minimum absolute atomic E-state index is 0.153. The average Bonchev–Trinajstić information content (AvgIpc) is 2.71. The summed E-state index contributed by atoms with van der Waals surface area (Å²) in [5.74, 6) is -0.121. The molecule has 2 rings (SSSR count). The number of hydrogen-bond acceptors (Lipinski definition) is 2. The Morgan fingerprint density at radius 1 is 1.36 bits per heavy atom. The highest BCUT2D eigenvalue weighted by Crippen LogP contribution is 2.28. The molecule has 1 aliphatic rings. The number of aliphatic hydroxyl groups is 1. The first-order valence-corrected chi connectivity index (χ1v) is 4.78. The van der Waals surface area contributed by atoms with Gasteiger partial charge in [0.1, 0.15) is 5.82 Å². The second kappa shape index (κ2) is 4.07. The van der Waals surface area contributed by atoms with E-state index < -0.39 is 6.10 Å². The van der Waals surface area contributed by atoms with Crippen LogP contribution < -0.4 is 0 Å². The van der Waals surface area contributed by atoms with E-state index in [-0.39, 0.29) is 11.7 Å². The Morgan fingerprint density at radius 3 is 2.64 bits per heavy atom. The Bertz CT molecular complexity index is 291. The lowest BCUT2D eigenvalue weighted by molar-refractivity contribution is 0.0917. The Labute approximate surface area is 82.3 Å². The van der Waals surface area contributed by atoms with E-state index in [1.54, 1.807) is 12.1 Å². The first kappa shape index (κ1) is 9.62. The maximum absolute atomic E-state index is 12.6. The Morgan fingerprint density at radius 2 is 2.07 bits per heavy atom. The van der Waals surface area contributed by atoms with Crippen LogP contribution in [-0.2, 0) is 4.74 Å². The molecule has 1 aromatic carbocycles. The predicted molar refractivity (Wildman–Crippen MR) is 50.3 cm³/mol. The van der Waals surface area contributed by atoms with Crippen LogP contribution >= 0.6 is 0 Å². The maximum Gasteiger partial charge on any atom is 0.123 e. The molecule has 1 fully saturated rings. The second-order valence-electron chi connectivity index (χ2n) is 3.62. The number of benzene rings is 1. The third-order valence-electron chi connectivity index (χ3n) is 2.62. The molecule has 0 radical (unpaired) electrons. The monoisotopic (exact) mass is 196 g/mol. The minimum atomic E-state index is -0.530. The summed E-state index contributed by atoms with van der Waals surface area (Å²) < 4.78 is 17.8. The summed E-state index contributed by atoms with van der Waals surface area (Å²) in [6.45, 7) is 1.31. The maximum atomic E-state index is 12.6. The van der Waals surface area contributed by atoms with Gasteiger partial charge < -0.3 is 9.84 Å². The Balaban J connectivity index is 2.09. The summed E-state index contributed by atoms with van der Waals surface area (Å²) in [6.07, 6.45) is 0.344. The van der Waals surface area contributed by atoms with Crippen molar-refractivity contribution in [2.24, 2.45) is 5.92 Å². The van der Waals surface area contributed by atoms with Crippen LogP contribution in [0.25, 0.3) is 0 Å². The van der Waals surface area contributed by atoms with Crippen molar-refractivity contribution in [3.63, 3.8) is 0 Å². The lowest BCUT2D eigenvalue weighted by atomic mass is 9.95. The van der Waals surface area contributed by atoms with Crippen molar-refractivity contribution in [1.82, 2.24) is 0 Å². The van der Waals surface area contributed by atoms with Crippen LogP contribution in [0.3, 0.4) is 0 Å². The summed E-state index contributed by atoms with van der Waals surface area (Å²) >= 11 is 0. The molecule has 0 aliphatic carbocycles. The second-order valence-corrected chi connectivity index (χ2v) is 3.62. The van der Waals surface area contributed by atoms with Gasteiger partial charge in [-0.1, -0.05) is 12.1 Å². The molecule has 0 aromatic heterocycles. The highest BCUT2D eigenvalue weighted by molar-refractivity contribution is 5.19. The van der Waals surface area contributed by atoms with E-state index in [9.17, 15) is 9.50 Å². The number of halogens is 1. The molecule has 1 aliphatic heterocycles. The molecule has 2 unspecified atom stereocenters. The van der Waals surface area contributed by atoms with Crippen molar-refractivity contribution in [2.75, 3.05) is 13.2 Å². The van der Waals surface area contributed by atoms with Gasteiger partial charge in [-0.15, -0.1) is 0 Å². The molecule has 14 heavy (non-hydrogen) atoms. The van der Waals surface area contributed by atoms with E-state index in [2.05, 4.69) is 0 Å². The van der Waals surface area contributed by atoms with E-state index in [0.29, 0.717) is 13.2 Å². The molecule has 0 spiro atoms. The molecule has 2 atom stereocenters. The molecule has 1 heterocycles. The van der Waals surface area contributed by atoms with Gasteiger partial charge in [0.05, 0.1) is 12.7 Å². The van der Waals surface area contributed by atoms with Crippen LogP contribution in [0.1, 0.15) is 18.1 Å². The zero-order chi connectivity index (χ0) is 9.97. The highest BCUT2D eigenvalue weighted by atomic mass is 19.1. The van der Waals surface area contributed by atoms with Gasteiger partial charge in [-0.05, 0) is 24.1 Å². The highest BCUT2D eigenvalue weighted by Gasteiger charge is 2.24. The van der Waals surface area contributed by atoms with Gasteiger partial charge in [0.25, 0.3) is 0 Å². The topological polar surface area (TPSA) is 29.5 Å². The van der Waals surface area contributed by atoms with Crippen molar-refractivity contribution in [3.8, 4) is 0 Å². The van der Waals surface area contributed by atoms with Gasteiger partial charge >= 0.3 is 0 Å². The SMILES string of the molecule is OC(c1ccc(F)cc1)C1CCOC1. The van der Waals surface area contributed by atoms with Gasteiger partial charge in [0, 0.05) is 12.5 Å². The fourth-order valence-electron chi connectivity index (χ4n) is 1.73. The van der Waals surface area contributed by atoms with Crippen LogP contribution in [0, 0.1) is 11.7 Å². The Kier molecular flexibility index (Phi) is 2.79. The smallest absolute Gasteiger partial charge is 0.123 e. The van der Waals surface area contributed by atoms with Crippen molar-refractivity contribution in [1.29, 1.82) is 0 Å². The van der Waals surface area contributed by atoms with Gasteiger partial charge in [-0.25, -0.2) is 4.39 Å². The first-order valence-electron chi connectivity index (χ1n) is 4.78. The molecule has 76 valence electrons. The first-order chi connectivity index (χ1) is 6.77. The molecule has 0 amide bonds. The molecule has 0 saturated carbocycles. The normalized spacial score (nSPS) is 23.7. The van der Waals surface area contributed by atoms with Crippen LogP contribution in [0.4, 0.5) is 4.39 Å². The fraction of sp³-hybridized carbons (Fsp3) is 0.455. The quantitative estimate of drug-likeness (QED) is 0.782. The summed E-state index contributed by atoms with van der Waals surface area (Å²) in [7, 11) is 0. The zero-order valence-corrected chi connectivity index (χ0v) is 7.82. The predicted octanol–water partition coefficient (Wildman–Crippen LogP) is 1.90. The van der Waals surface area contributed by atoms with Gasteiger partial charge in [0.15, 0.2) is 0 Å². The number of hydrogen-bond donors (Lipinski definition) is 1. The van der Waals surface area contributed by atoms with Crippen LogP contribution in [0.5, 0.6) is 0 Å². The van der Waals surface area contributed by atoms with Gasteiger partial charge in [0.2, 0.25) is 0 Å². The van der Waals surface area contributed by atoms with Crippen molar-refractivity contribution >= 4 is 0 Å². The molecular formula is C11H13FO2. The molecule has 3 heteroatoms. The van der Waals surface area contributed by atoms with Crippen LogP contribution in [-0.4, -0.2) is 18.3 Å². The summed E-state index contributed by atoms with van der Waals surface area (Å²) in [5, 5.41) is 9.91. The third-order valence-corrected chi connectivity index (χ3v) is 2.62. The van der Waals surface area contributed by atoms with Gasteiger partial charge in [-0.3, -0.25) is 0 Å². The number of ether oxygens (including phenoxy) is 1. The zero-order valence-electron chi connectivity index (χ0n) is 7.82. The largest absolute Gasteiger partial charge is 0.388 e. The number of rotatable bonds is 2. The van der Waals surface area contributed by atoms with E-state index in [4.69, 9.17) is 4.74 Å². The van der Waals surface area contributed by atoms with Crippen molar-refractivity contribution < 1.29 is 14.2 Å². The van der Waals surface area contributed by atoms with Crippen LogP contribution in [0.2, 0.25) is 0 Å². The minimum Gasteiger partial charge on any atom is -0.388 e. The summed E-state index contributed by atoms with van der Waals surface area (Å²) in [6, 6.07) is 5.99. The van der Waals surface area contributed by atoms with E-state index in [1.165, 1.54) is 12.1 Å². The lowest BCUT2D eigenvalue weighted by Crippen LogP contribution is -2.12. The molecule has 0 bridgehead atoms. The van der Waals surface area contributed by atoms with Crippen molar-refractivity contribution in [3.05, 3.63) is 35.6 Å². The van der Waals surface area contributed by atoms with Crippen molar-refractivity contribution in [2.45, 2.75) is 12.5 Å². The van der Waals surface area contributed by atoms with E-state index in [1.807, 2.05) is 0 Å². The average molecular weight is 196 g/mol. The molecule has 1 aromatic rings.